The van der Waals surface area contributed by atoms with Crippen molar-refractivity contribution in [3.63, 3.8) is 0 Å². The molecule has 0 aliphatic heterocycles. The van der Waals surface area contributed by atoms with Crippen molar-refractivity contribution in [2.45, 2.75) is 6.42 Å². The molecule has 1 heterocycles. The van der Waals surface area contributed by atoms with Gasteiger partial charge in [-0.1, -0.05) is 6.07 Å². The average molecular weight is 376 g/mol. The molecule has 1 amide bonds. The topological polar surface area (TPSA) is 67.9 Å². The number of methoxy groups -OCH3 is 2. The number of amides is 1. The molecule has 26 heavy (non-hydrogen) atoms. The number of hydrogen-bond acceptors (Lipinski definition) is 6. The van der Waals surface area contributed by atoms with Gasteiger partial charge in [0.15, 0.2) is 0 Å². The second-order valence-corrected chi connectivity index (χ2v) is 7.07. The SMILES string of the molecule is COC(=O)c1ccc(-c2ccc(C(=O)NCCCN(C)C)s2)cc1OC. The molecule has 0 radical (unpaired) electrons. The third-order valence-corrected chi connectivity index (χ3v) is 4.92. The molecule has 1 N–H and O–H groups in total. The molecule has 0 saturated carbocycles. The van der Waals surface area contributed by atoms with Crippen LogP contribution in [0.4, 0.5) is 0 Å². The molecule has 0 bridgehead atoms. The van der Waals surface area contributed by atoms with Crippen LogP contribution < -0.4 is 10.1 Å². The maximum atomic E-state index is 12.2. The minimum absolute atomic E-state index is 0.0712. The van der Waals surface area contributed by atoms with Crippen molar-refractivity contribution in [3.05, 3.63) is 40.8 Å². The second kappa shape index (κ2) is 9.35. The van der Waals surface area contributed by atoms with Crippen molar-refractivity contribution < 1.29 is 19.1 Å². The van der Waals surface area contributed by atoms with E-state index < -0.39 is 5.97 Å². The number of carbonyl (C=O) groups excluding carboxylic acids is 2. The molecule has 1 aromatic carbocycles. The molecular weight excluding hydrogens is 352 g/mol. The minimum atomic E-state index is -0.447. The maximum absolute atomic E-state index is 12.2. The molecule has 0 atom stereocenters. The summed E-state index contributed by atoms with van der Waals surface area (Å²) >= 11 is 1.40. The van der Waals surface area contributed by atoms with E-state index in [1.54, 1.807) is 12.1 Å². The Balaban J connectivity index is 2.09. The Hall–Kier alpha value is -2.38. The fourth-order valence-electron chi connectivity index (χ4n) is 2.42. The van der Waals surface area contributed by atoms with Crippen molar-refractivity contribution in [1.82, 2.24) is 10.2 Å². The summed E-state index contributed by atoms with van der Waals surface area (Å²) in [5.74, 6) is -0.0760. The lowest BCUT2D eigenvalue weighted by atomic mass is 10.1. The highest BCUT2D eigenvalue weighted by Crippen LogP contribution is 2.32. The first-order valence-electron chi connectivity index (χ1n) is 8.25. The van der Waals surface area contributed by atoms with Crippen molar-refractivity contribution in [3.8, 4) is 16.2 Å². The van der Waals surface area contributed by atoms with Gasteiger partial charge in [-0.05, 0) is 56.9 Å². The maximum Gasteiger partial charge on any atom is 0.341 e. The molecular formula is C19H24N2O4S. The summed E-state index contributed by atoms with van der Waals surface area (Å²) in [6.45, 7) is 1.58. The first-order chi connectivity index (χ1) is 12.5. The highest BCUT2D eigenvalue weighted by molar-refractivity contribution is 7.17. The van der Waals surface area contributed by atoms with Gasteiger partial charge in [-0.25, -0.2) is 4.79 Å². The zero-order valence-electron chi connectivity index (χ0n) is 15.5. The van der Waals surface area contributed by atoms with Gasteiger partial charge in [0.05, 0.1) is 19.1 Å². The summed E-state index contributed by atoms with van der Waals surface area (Å²) < 4.78 is 10.0. The summed E-state index contributed by atoms with van der Waals surface area (Å²) in [5, 5.41) is 2.93. The largest absolute Gasteiger partial charge is 0.496 e. The fourth-order valence-corrected chi connectivity index (χ4v) is 3.34. The molecule has 0 aliphatic carbocycles. The third kappa shape index (κ3) is 5.06. The molecule has 6 nitrogen and oxygen atoms in total. The molecule has 0 spiro atoms. The Labute approximate surface area is 157 Å². The van der Waals surface area contributed by atoms with Crippen LogP contribution in [0, 0.1) is 0 Å². The number of rotatable bonds is 8. The highest BCUT2D eigenvalue weighted by Gasteiger charge is 2.15. The van der Waals surface area contributed by atoms with Gasteiger partial charge in [-0.2, -0.15) is 0 Å². The molecule has 0 fully saturated rings. The van der Waals surface area contributed by atoms with Gasteiger partial charge in [-0.3, -0.25) is 4.79 Å². The van der Waals surface area contributed by atoms with E-state index in [0.29, 0.717) is 22.7 Å². The minimum Gasteiger partial charge on any atom is -0.496 e. The van der Waals surface area contributed by atoms with Crippen molar-refractivity contribution in [1.29, 1.82) is 0 Å². The van der Waals surface area contributed by atoms with Crippen LogP contribution in [0.3, 0.4) is 0 Å². The van der Waals surface area contributed by atoms with Crippen LogP contribution in [0.5, 0.6) is 5.75 Å². The first kappa shape index (κ1) is 19.9. The summed E-state index contributed by atoms with van der Waals surface area (Å²) in [5.41, 5.74) is 1.25. The lowest BCUT2D eigenvalue weighted by Crippen LogP contribution is -2.26. The van der Waals surface area contributed by atoms with Crippen LogP contribution in [0.25, 0.3) is 10.4 Å². The van der Waals surface area contributed by atoms with E-state index in [1.807, 2.05) is 32.3 Å². The van der Waals surface area contributed by atoms with E-state index in [0.717, 1.165) is 23.4 Å². The predicted molar refractivity (Wildman–Crippen MR) is 103 cm³/mol. The molecule has 0 aliphatic rings. The smallest absolute Gasteiger partial charge is 0.341 e. The Kier molecular flexibility index (Phi) is 7.17. The van der Waals surface area contributed by atoms with Crippen LogP contribution >= 0.6 is 11.3 Å². The zero-order chi connectivity index (χ0) is 19.1. The third-order valence-electron chi connectivity index (χ3n) is 3.79. The van der Waals surface area contributed by atoms with Gasteiger partial charge >= 0.3 is 5.97 Å². The number of nitrogens with one attached hydrogen (secondary N) is 1. The van der Waals surface area contributed by atoms with Crippen LogP contribution in [-0.4, -0.2) is 58.2 Å². The number of benzene rings is 1. The van der Waals surface area contributed by atoms with Crippen LogP contribution in [0.2, 0.25) is 0 Å². The number of esters is 1. The lowest BCUT2D eigenvalue weighted by molar-refractivity contribution is 0.0597. The standard InChI is InChI=1S/C19H24N2O4S/c1-21(2)11-5-10-20-18(22)17-9-8-16(26-17)13-6-7-14(19(23)25-4)15(12-13)24-3/h6-9,12H,5,10-11H2,1-4H3,(H,20,22). The monoisotopic (exact) mass is 376 g/mol. The van der Waals surface area contributed by atoms with Crippen LogP contribution in [-0.2, 0) is 4.74 Å². The average Bonchev–Trinajstić information content (AvgIpc) is 3.14. The normalized spacial score (nSPS) is 10.7. The van der Waals surface area contributed by atoms with Crippen LogP contribution in [0.15, 0.2) is 30.3 Å². The van der Waals surface area contributed by atoms with Crippen molar-refractivity contribution in [2.75, 3.05) is 41.4 Å². The molecule has 0 saturated heterocycles. The van der Waals surface area contributed by atoms with Gasteiger partial charge in [0.1, 0.15) is 11.3 Å². The number of thiophene rings is 1. The van der Waals surface area contributed by atoms with Crippen LogP contribution in [0.1, 0.15) is 26.5 Å². The summed E-state index contributed by atoms with van der Waals surface area (Å²) in [6.07, 6.45) is 0.906. The van der Waals surface area contributed by atoms with E-state index >= 15 is 0 Å². The van der Waals surface area contributed by atoms with Crippen molar-refractivity contribution in [2.24, 2.45) is 0 Å². The number of carbonyl (C=O) groups is 2. The highest BCUT2D eigenvalue weighted by atomic mass is 32.1. The first-order valence-corrected chi connectivity index (χ1v) is 9.07. The summed E-state index contributed by atoms with van der Waals surface area (Å²) in [4.78, 5) is 27.7. The van der Waals surface area contributed by atoms with Crippen molar-refractivity contribution >= 4 is 23.2 Å². The Morgan fingerprint density at radius 3 is 2.58 bits per heavy atom. The van der Waals surface area contributed by atoms with E-state index in [2.05, 4.69) is 10.2 Å². The summed E-state index contributed by atoms with van der Waals surface area (Å²) in [7, 11) is 6.85. The Morgan fingerprint density at radius 2 is 1.92 bits per heavy atom. The quantitative estimate of drug-likeness (QED) is 0.567. The van der Waals surface area contributed by atoms with E-state index in [-0.39, 0.29) is 5.91 Å². The molecule has 2 rings (SSSR count). The summed E-state index contributed by atoms with van der Waals surface area (Å²) in [6, 6.07) is 8.96. The number of hydrogen-bond donors (Lipinski definition) is 1. The van der Waals surface area contributed by atoms with Gasteiger partial charge in [-0.15, -0.1) is 11.3 Å². The number of nitrogens with zero attached hydrogens (tertiary/aromatic N) is 1. The Morgan fingerprint density at radius 1 is 1.15 bits per heavy atom. The lowest BCUT2D eigenvalue weighted by Gasteiger charge is -2.09. The fraction of sp³-hybridized carbons (Fsp3) is 0.368. The van der Waals surface area contributed by atoms with Gasteiger partial charge in [0.25, 0.3) is 5.91 Å². The van der Waals surface area contributed by atoms with E-state index in [1.165, 1.54) is 25.6 Å². The second-order valence-electron chi connectivity index (χ2n) is 5.98. The molecule has 1 aromatic heterocycles. The van der Waals surface area contributed by atoms with Gasteiger partial charge in [0.2, 0.25) is 0 Å². The number of ether oxygens (including phenoxy) is 2. The van der Waals surface area contributed by atoms with Gasteiger partial charge < -0.3 is 19.7 Å². The van der Waals surface area contributed by atoms with E-state index in [4.69, 9.17) is 9.47 Å². The van der Waals surface area contributed by atoms with Gasteiger partial charge in [0, 0.05) is 11.4 Å². The van der Waals surface area contributed by atoms with E-state index in [9.17, 15) is 9.59 Å². The molecule has 2 aromatic rings. The zero-order valence-corrected chi connectivity index (χ0v) is 16.3. The molecule has 0 unspecified atom stereocenters. The molecule has 140 valence electrons. The Bertz CT molecular complexity index is 771. The molecule has 7 heteroatoms. The predicted octanol–water partition coefficient (Wildman–Crippen LogP) is 2.89.